The molecule has 0 aliphatic carbocycles. The highest BCUT2D eigenvalue weighted by Crippen LogP contribution is 2.27. The lowest BCUT2D eigenvalue weighted by atomic mass is 9.94. The van der Waals surface area contributed by atoms with Gasteiger partial charge in [0.15, 0.2) is 5.13 Å². The molecule has 1 unspecified atom stereocenters. The molecule has 0 saturated carbocycles. The number of thiazole rings is 1. The first-order valence-electron chi connectivity index (χ1n) is 8.73. The van der Waals surface area contributed by atoms with Gasteiger partial charge < -0.3 is 11.1 Å². The van der Waals surface area contributed by atoms with E-state index in [1.807, 2.05) is 36.6 Å². The molecular formula is C21H23N3OS. The molecule has 5 heteroatoms. The van der Waals surface area contributed by atoms with Crippen LogP contribution in [0.3, 0.4) is 0 Å². The number of amides is 1. The number of aromatic nitrogens is 1. The first-order valence-corrected chi connectivity index (χ1v) is 9.61. The van der Waals surface area contributed by atoms with Crippen molar-refractivity contribution < 1.29 is 4.79 Å². The van der Waals surface area contributed by atoms with Crippen molar-refractivity contribution in [1.29, 1.82) is 0 Å². The summed E-state index contributed by atoms with van der Waals surface area (Å²) in [6.45, 7) is 4.38. The number of carbonyl (C=O) groups excluding carboxylic acids is 1. The average Bonchev–Trinajstić information content (AvgIpc) is 3.12. The molecule has 4 nitrogen and oxygen atoms in total. The van der Waals surface area contributed by atoms with Crippen LogP contribution in [0.15, 0.2) is 53.9 Å². The van der Waals surface area contributed by atoms with Crippen molar-refractivity contribution in [3.8, 4) is 11.3 Å². The van der Waals surface area contributed by atoms with Gasteiger partial charge in [-0.2, -0.15) is 0 Å². The fourth-order valence-electron chi connectivity index (χ4n) is 2.92. The molecule has 134 valence electrons. The normalized spacial score (nSPS) is 12.0. The molecule has 1 aromatic heterocycles. The van der Waals surface area contributed by atoms with E-state index in [1.165, 1.54) is 16.9 Å². The second kappa shape index (κ2) is 8.25. The Hall–Kier alpha value is -2.50. The molecule has 0 spiro atoms. The molecular weight excluding hydrogens is 342 g/mol. The summed E-state index contributed by atoms with van der Waals surface area (Å²) in [6, 6.07) is 16.2. The van der Waals surface area contributed by atoms with Crippen molar-refractivity contribution in [2.75, 3.05) is 11.9 Å². The molecule has 1 amide bonds. The molecule has 0 aliphatic rings. The van der Waals surface area contributed by atoms with Crippen molar-refractivity contribution in [3.05, 3.63) is 70.6 Å². The fraction of sp³-hybridized carbons (Fsp3) is 0.238. The first-order chi connectivity index (χ1) is 12.6. The van der Waals surface area contributed by atoms with E-state index in [0.29, 0.717) is 5.13 Å². The van der Waals surface area contributed by atoms with Crippen LogP contribution in [0.4, 0.5) is 5.13 Å². The van der Waals surface area contributed by atoms with Gasteiger partial charge in [0, 0.05) is 17.5 Å². The molecule has 0 fully saturated rings. The number of carbonyl (C=O) groups is 1. The highest BCUT2D eigenvalue weighted by atomic mass is 32.1. The van der Waals surface area contributed by atoms with Gasteiger partial charge in [-0.25, -0.2) is 4.98 Å². The number of rotatable bonds is 6. The van der Waals surface area contributed by atoms with Gasteiger partial charge in [0.1, 0.15) is 0 Å². The number of aryl methyl sites for hydroxylation is 2. The minimum atomic E-state index is -0.382. The Balaban J connectivity index is 1.75. The van der Waals surface area contributed by atoms with Gasteiger partial charge in [-0.3, -0.25) is 4.79 Å². The van der Waals surface area contributed by atoms with E-state index >= 15 is 0 Å². The van der Waals surface area contributed by atoms with Crippen molar-refractivity contribution in [2.45, 2.75) is 26.2 Å². The van der Waals surface area contributed by atoms with Crippen molar-refractivity contribution in [3.63, 3.8) is 0 Å². The zero-order valence-corrected chi connectivity index (χ0v) is 15.8. The largest absolute Gasteiger partial charge is 0.329 e. The summed E-state index contributed by atoms with van der Waals surface area (Å²) in [5, 5.41) is 5.47. The number of nitrogens with two attached hydrogens (primary N) is 1. The van der Waals surface area contributed by atoms with E-state index in [1.54, 1.807) is 0 Å². The third kappa shape index (κ3) is 4.00. The predicted octanol–water partition coefficient (Wildman–Crippen LogP) is 4.36. The number of anilines is 1. The zero-order chi connectivity index (χ0) is 18.5. The van der Waals surface area contributed by atoms with Crippen LogP contribution in [0.25, 0.3) is 11.3 Å². The molecule has 1 atom stereocenters. The second-order valence-electron chi connectivity index (χ2n) is 6.22. The van der Waals surface area contributed by atoms with E-state index in [0.717, 1.165) is 28.8 Å². The first kappa shape index (κ1) is 18.3. The van der Waals surface area contributed by atoms with Gasteiger partial charge >= 0.3 is 0 Å². The van der Waals surface area contributed by atoms with Crippen molar-refractivity contribution in [2.24, 2.45) is 5.73 Å². The number of nitrogens with one attached hydrogen (secondary N) is 1. The topological polar surface area (TPSA) is 68.0 Å². The van der Waals surface area contributed by atoms with E-state index in [9.17, 15) is 4.79 Å². The Morgan fingerprint density at radius 3 is 2.58 bits per heavy atom. The maximum Gasteiger partial charge on any atom is 0.234 e. The number of nitrogens with zero attached hydrogens (tertiary/aromatic N) is 1. The molecule has 2 aromatic carbocycles. The SMILES string of the molecule is CCc1ccc(-c2csc(NC(=O)C(CN)c3ccccc3C)n2)cc1. The Morgan fingerprint density at radius 2 is 1.92 bits per heavy atom. The summed E-state index contributed by atoms with van der Waals surface area (Å²) in [5.41, 5.74) is 11.1. The Bertz CT molecular complexity index is 886. The molecule has 3 rings (SSSR count). The molecule has 1 heterocycles. The highest BCUT2D eigenvalue weighted by molar-refractivity contribution is 7.14. The quantitative estimate of drug-likeness (QED) is 0.682. The van der Waals surface area contributed by atoms with Crippen LogP contribution in [0.1, 0.15) is 29.5 Å². The molecule has 0 aliphatic heterocycles. The molecule has 3 aromatic rings. The summed E-state index contributed by atoms with van der Waals surface area (Å²) in [5.74, 6) is -0.503. The second-order valence-corrected chi connectivity index (χ2v) is 7.08. The lowest BCUT2D eigenvalue weighted by molar-refractivity contribution is -0.117. The summed E-state index contributed by atoms with van der Waals surface area (Å²) >= 11 is 1.43. The Morgan fingerprint density at radius 1 is 1.19 bits per heavy atom. The standard InChI is InChI=1S/C21H23N3OS/c1-3-15-8-10-16(11-9-15)19-13-26-21(23-19)24-20(25)18(12-22)17-7-5-4-6-14(17)2/h4-11,13,18H,3,12,22H2,1-2H3,(H,23,24,25). The van der Waals surface area contributed by atoms with Crippen LogP contribution >= 0.6 is 11.3 Å². The lowest BCUT2D eigenvalue weighted by Gasteiger charge is -2.16. The number of benzene rings is 2. The molecule has 0 bridgehead atoms. The van der Waals surface area contributed by atoms with Gasteiger partial charge in [-0.1, -0.05) is 55.5 Å². The Kier molecular flexibility index (Phi) is 5.81. The van der Waals surface area contributed by atoms with Crippen LogP contribution in [0.2, 0.25) is 0 Å². The minimum Gasteiger partial charge on any atom is -0.329 e. The van der Waals surface area contributed by atoms with E-state index < -0.39 is 0 Å². The van der Waals surface area contributed by atoms with Crippen molar-refractivity contribution in [1.82, 2.24) is 4.98 Å². The zero-order valence-electron chi connectivity index (χ0n) is 15.0. The summed E-state index contributed by atoms with van der Waals surface area (Å²) in [7, 11) is 0. The summed E-state index contributed by atoms with van der Waals surface area (Å²) in [6.07, 6.45) is 1.01. The van der Waals surface area contributed by atoms with Crippen LogP contribution in [-0.2, 0) is 11.2 Å². The van der Waals surface area contributed by atoms with E-state index in [2.05, 4.69) is 41.5 Å². The van der Waals surface area contributed by atoms with Gasteiger partial charge in [-0.15, -0.1) is 11.3 Å². The van der Waals surface area contributed by atoms with Crippen LogP contribution in [0.5, 0.6) is 0 Å². The third-order valence-electron chi connectivity index (χ3n) is 4.51. The number of hydrogen-bond donors (Lipinski definition) is 2. The fourth-order valence-corrected chi connectivity index (χ4v) is 3.64. The highest BCUT2D eigenvalue weighted by Gasteiger charge is 2.21. The molecule has 0 radical (unpaired) electrons. The smallest absolute Gasteiger partial charge is 0.234 e. The molecule has 0 saturated heterocycles. The maximum atomic E-state index is 12.7. The summed E-state index contributed by atoms with van der Waals surface area (Å²) in [4.78, 5) is 17.3. The molecule has 26 heavy (non-hydrogen) atoms. The van der Waals surface area contributed by atoms with E-state index in [-0.39, 0.29) is 18.4 Å². The monoisotopic (exact) mass is 365 g/mol. The van der Waals surface area contributed by atoms with Crippen LogP contribution in [0, 0.1) is 6.92 Å². The van der Waals surface area contributed by atoms with Crippen LogP contribution in [-0.4, -0.2) is 17.4 Å². The van der Waals surface area contributed by atoms with E-state index in [4.69, 9.17) is 5.73 Å². The predicted molar refractivity (Wildman–Crippen MR) is 109 cm³/mol. The minimum absolute atomic E-state index is 0.121. The lowest BCUT2D eigenvalue weighted by Crippen LogP contribution is -2.28. The van der Waals surface area contributed by atoms with Gasteiger partial charge in [-0.05, 0) is 30.0 Å². The van der Waals surface area contributed by atoms with Crippen molar-refractivity contribution >= 4 is 22.4 Å². The maximum absolute atomic E-state index is 12.7. The molecule has 3 N–H and O–H groups in total. The third-order valence-corrected chi connectivity index (χ3v) is 5.27. The average molecular weight is 366 g/mol. The summed E-state index contributed by atoms with van der Waals surface area (Å²) < 4.78 is 0. The van der Waals surface area contributed by atoms with Crippen LogP contribution < -0.4 is 11.1 Å². The number of hydrogen-bond acceptors (Lipinski definition) is 4. The van der Waals surface area contributed by atoms with Gasteiger partial charge in [0.05, 0.1) is 11.6 Å². The van der Waals surface area contributed by atoms with Gasteiger partial charge in [0.2, 0.25) is 5.91 Å². The van der Waals surface area contributed by atoms with Gasteiger partial charge in [0.25, 0.3) is 0 Å². The Labute approximate surface area is 158 Å².